The van der Waals surface area contributed by atoms with Crippen LogP contribution in [0.4, 0.5) is 13.2 Å². The van der Waals surface area contributed by atoms with Crippen molar-refractivity contribution in [1.29, 1.82) is 0 Å². The van der Waals surface area contributed by atoms with E-state index in [0.29, 0.717) is 17.2 Å². The fourth-order valence-electron chi connectivity index (χ4n) is 2.75. The lowest BCUT2D eigenvalue weighted by atomic mass is 10.1. The number of alkyl halides is 3. The molecule has 0 saturated heterocycles. The fraction of sp³-hybridized carbons (Fsp3) is 0.158. The maximum Gasteiger partial charge on any atom is 0.573 e. The van der Waals surface area contributed by atoms with E-state index in [9.17, 15) is 13.2 Å². The van der Waals surface area contributed by atoms with E-state index in [1.54, 1.807) is 35.3 Å². The number of rotatable bonds is 5. The van der Waals surface area contributed by atoms with Gasteiger partial charge in [-0.2, -0.15) is 5.10 Å². The Balaban J connectivity index is 1.41. The smallest absolute Gasteiger partial charge is 0.438 e. The normalized spacial score (nSPS) is 16.3. The van der Waals surface area contributed by atoms with Crippen LogP contribution in [0, 0.1) is 0 Å². The van der Waals surface area contributed by atoms with E-state index in [2.05, 4.69) is 20.3 Å². The van der Waals surface area contributed by atoms with Gasteiger partial charge in [-0.3, -0.25) is 14.5 Å². The average molecular weight is 404 g/mol. The van der Waals surface area contributed by atoms with Crippen LogP contribution in [0.2, 0.25) is 0 Å². The Morgan fingerprint density at radius 2 is 1.83 bits per heavy atom. The number of nitrogens with one attached hydrogen (secondary N) is 1. The lowest BCUT2D eigenvalue weighted by molar-refractivity contribution is -0.274. The number of hydrogen-bond acceptors (Lipinski definition) is 6. The van der Waals surface area contributed by atoms with Crippen molar-refractivity contribution in [3.63, 3.8) is 0 Å². The molecule has 0 fully saturated rings. The molecule has 1 aromatic carbocycles. The first-order valence-corrected chi connectivity index (χ1v) is 8.49. The zero-order valence-electron chi connectivity index (χ0n) is 15.1. The molecular formula is C19H15F3N4O3. The maximum atomic E-state index is 12.2. The molecule has 3 heterocycles. The van der Waals surface area contributed by atoms with Crippen molar-refractivity contribution >= 4 is 0 Å². The van der Waals surface area contributed by atoms with Crippen molar-refractivity contribution < 1.29 is 27.5 Å². The van der Waals surface area contributed by atoms with Gasteiger partial charge in [-0.1, -0.05) is 12.1 Å². The van der Waals surface area contributed by atoms with E-state index >= 15 is 0 Å². The van der Waals surface area contributed by atoms with E-state index < -0.39 is 12.5 Å². The highest BCUT2D eigenvalue weighted by atomic mass is 19.4. The Morgan fingerprint density at radius 3 is 2.45 bits per heavy atom. The van der Waals surface area contributed by atoms with Gasteiger partial charge in [0.15, 0.2) is 0 Å². The summed E-state index contributed by atoms with van der Waals surface area (Å²) >= 11 is 0. The Labute approximate surface area is 163 Å². The number of hydroxylamine groups is 1. The van der Waals surface area contributed by atoms with Crippen LogP contribution in [-0.4, -0.2) is 21.1 Å². The summed E-state index contributed by atoms with van der Waals surface area (Å²) in [5.74, 6) is 0.542. The molecule has 0 radical (unpaired) electrons. The van der Waals surface area contributed by atoms with E-state index in [-0.39, 0.29) is 5.75 Å². The molecule has 7 nitrogen and oxygen atoms in total. The number of pyridine rings is 1. The number of halogens is 3. The topological polar surface area (TPSA) is 70.4 Å². The Morgan fingerprint density at radius 1 is 1.07 bits per heavy atom. The lowest BCUT2D eigenvalue weighted by Gasteiger charge is -2.11. The minimum atomic E-state index is -4.73. The molecule has 3 aromatic rings. The van der Waals surface area contributed by atoms with E-state index in [1.165, 1.54) is 24.3 Å². The highest BCUT2D eigenvalue weighted by Crippen LogP contribution is 2.29. The summed E-state index contributed by atoms with van der Waals surface area (Å²) in [7, 11) is 1.83. The first-order valence-electron chi connectivity index (χ1n) is 8.49. The van der Waals surface area contributed by atoms with Crippen molar-refractivity contribution in [2.75, 3.05) is 0 Å². The summed E-state index contributed by atoms with van der Waals surface area (Å²) in [5.41, 5.74) is 4.90. The Hall–Kier alpha value is -3.53. The fourth-order valence-corrected chi connectivity index (χ4v) is 2.75. The molecule has 0 amide bonds. The molecule has 1 aliphatic heterocycles. The van der Waals surface area contributed by atoms with Gasteiger partial charge >= 0.3 is 6.36 Å². The molecule has 150 valence electrons. The van der Waals surface area contributed by atoms with Crippen molar-refractivity contribution in [3.8, 4) is 22.9 Å². The van der Waals surface area contributed by atoms with Crippen LogP contribution in [0.15, 0.2) is 66.8 Å². The molecule has 29 heavy (non-hydrogen) atoms. The SMILES string of the molecule is Cn1nccc1-c1ccc(OC2=C[C@H](c3ccc(OC(F)(F)F)cc3)ON2)cn1. The largest absolute Gasteiger partial charge is 0.573 e. The molecular weight excluding hydrogens is 389 g/mol. The van der Waals surface area contributed by atoms with E-state index in [1.807, 2.05) is 13.1 Å². The number of aromatic nitrogens is 3. The Bertz CT molecular complexity index is 1010. The van der Waals surface area contributed by atoms with Gasteiger partial charge in [0.2, 0.25) is 5.88 Å². The predicted octanol–water partition coefficient (Wildman–Crippen LogP) is 3.88. The van der Waals surface area contributed by atoms with Crippen molar-refractivity contribution in [2.24, 2.45) is 7.05 Å². The molecule has 10 heteroatoms. The van der Waals surface area contributed by atoms with Gasteiger partial charge in [0.05, 0.1) is 17.6 Å². The number of aryl methyl sites for hydroxylation is 1. The monoisotopic (exact) mass is 404 g/mol. The quantitative estimate of drug-likeness (QED) is 0.696. The molecule has 0 spiro atoms. The second-order valence-corrected chi connectivity index (χ2v) is 6.11. The van der Waals surface area contributed by atoms with Gasteiger partial charge in [-0.05, 0) is 35.9 Å². The standard InChI is InChI=1S/C19H15F3N4O3/c1-26-16(8-9-24-26)15-7-6-14(11-23-15)27-18-10-17(29-25-18)12-2-4-13(5-3-12)28-19(20,21)22/h2-11,17,25H,1H3/t17-/m1/s1. The number of benzene rings is 1. The van der Waals surface area contributed by atoms with Crippen LogP contribution in [0.1, 0.15) is 11.7 Å². The highest BCUT2D eigenvalue weighted by molar-refractivity contribution is 5.54. The summed E-state index contributed by atoms with van der Waals surface area (Å²) < 4.78 is 48.0. The van der Waals surface area contributed by atoms with Crippen LogP contribution in [0.25, 0.3) is 11.4 Å². The first kappa shape index (κ1) is 18.8. The summed E-state index contributed by atoms with van der Waals surface area (Å²) in [5, 5.41) is 4.10. The molecule has 1 atom stereocenters. The molecule has 2 aromatic heterocycles. The first-order chi connectivity index (χ1) is 13.9. The molecule has 1 aliphatic rings. The highest BCUT2D eigenvalue weighted by Gasteiger charge is 2.31. The lowest BCUT2D eigenvalue weighted by Crippen LogP contribution is -2.17. The third-order valence-electron chi connectivity index (χ3n) is 4.08. The maximum absolute atomic E-state index is 12.2. The van der Waals surface area contributed by atoms with Gasteiger partial charge in [-0.25, -0.2) is 5.48 Å². The molecule has 1 N–H and O–H groups in total. The van der Waals surface area contributed by atoms with Crippen LogP contribution >= 0.6 is 0 Å². The molecule has 4 rings (SSSR count). The zero-order valence-corrected chi connectivity index (χ0v) is 15.1. The third kappa shape index (κ3) is 4.49. The average Bonchev–Trinajstić information content (AvgIpc) is 3.31. The van der Waals surface area contributed by atoms with Crippen LogP contribution in [0.5, 0.6) is 11.5 Å². The summed E-state index contributed by atoms with van der Waals surface area (Å²) in [6.07, 6.45) is -0.329. The third-order valence-corrected chi connectivity index (χ3v) is 4.08. The number of hydrogen-bond donors (Lipinski definition) is 1. The minimum Gasteiger partial charge on any atom is -0.438 e. The van der Waals surface area contributed by atoms with Crippen LogP contribution in [-0.2, 0) is 11.9 Å². The molecule has 0 saturated carbocycles. The number of ether oxygens (including phenoxy) is 2. The van der Waals surface area contributed by atoms with E-state index in [0.717, 1.165) is 11.4 Å². The molecule has 0 aliphatic carbocycles. The molecule has 0 bridgehead atoms. The van der Waals surface area contributed by atoms with Crippen LogP contribution in [0.3, 0.4) is 0 Å². The Kier molecular flexibility index (Phi) is 4.85. The second-order valence-electron chi connectivity index (χ2n) is 6.11. The minimum absolute atomic E-state index is 0.299. The summed E-state index contributed by atoms with van der Waals surface area (Å²) in [6.45, 7) is 0. The number of nitrogens with zero attached hydrogens (tertiary/aromatic N) is 3. The summed E-state index contributed by atoms with van der Waals surface area (Å²) in [6, 6.07) is 10.8. The van der Waals surface area contributed by atoms with Gasteiger partial charge in [0.1, 0.15) is 17.6 Å². The van der Waals surface area contributed by atoms with Crippen molar-refractivity contribution in [1.82, 2.24) is 20.2 Å². The second kappa shape index (κ2) is 7.47. The van der Waals surface area contributed by atoms with Gasteiger partial charge in [-0.15, -0.1) is 13.2 Å². The van der Waals surface area contributed by atoms with Gasteiger partial charge in [0, 0.05) is 19.3 Å². The van der Waals surface area contributed by atoms with Crippen molar-refractivity contribution in [2.45, 2.75) is 12.5 Å². The van der Waals surface area contributed by atoms with E-state index in [4.69, 9.17) is 9.57 Å². The van der Waals surface area contributed by atoms with Gasteiger partial charge < -0.3 is 9.47 Å². The zero-order chi connectivity index (χ0) is 20.4. The molecule has 0 unspecified atom stereocenters. The van der Waals surface area contributed by atoms with Crippen LogP contribution < -0.4 is 15.0 Å². The van der Waals surface area contributed by atoms with Gasteiger partial charge in [0.25, 0.3) is 0 Å². The summed E-state index contributed by atoms with van der Waals surface area (Å²) in [4.78, 5) is 9.75. The predicted molar refractivity (Wildman–Crippen MR) is 95.2 cm³/mol. The van der Waals surface area contributed by atoms with Crippen molar-refractivity contribution in [3.05, 3.63) is 72.4 Å².